The summed E-state index contributed by atoms with van der Waals surface area (Å²) in [5, 5.41) is 8.74. The zero-order chi connectivity index (χ0) is 9.26. The SMILES string of the molecule is O=C(O)C1=CN2CC=CC=C2C=C1. The summed E-state index contributed by atoms with van der Waals surface area (Å²) in [7, 11) is 0. The van der Waals surface area contributed by atoms with Crippen LogP contribution in [0.15, 0.2) is 47.9 Å². The molecule has 0 fully saturated rings. The molecule has 0 unspecified atom stereocenters. The Balaban J connectivity index is 2.30. The summed E-state index contributed by atoms with van der Waals surface area (Å²) in [5.41, 5.74) is 1.36. The van der Waals surface area contributed by atoms with Gasteiger partial charge in [0.25, 0.3) is 0 Å². The lowest BCUT2D eigenvalue weighted by molar-refractivity contribution is -0.132. The predicted molar refractivity (Wildman–Crippen MR) is 48.8 cm³/mol. The highest BCUT2D eigenvalue weighted by Gasteiger charge is 2.14. The molecule has 0 aromatic carbocycles. The predicted octanol–water partition coefficient (Wildman–Crippen LogP) is 1.28. The third kappa shape index (κ3) is 1.40. The van der Waals surface area contributed by atoms with Crippen LogP contribution in [0.25, 0.3) is 0 Å². The monoisotopic (exact) mass is 175 g/mol. The lowest BCUT2D eigenvalue weighted by atomic mass is 10.1. The van der Waals surface area contributed by atoms with Crippen LogP contribution in [0.3, 0.4) is 0 Å². The molecule has 0 radical (unpaired) electrons. The number of aliphatic carboxylic acids is 1. The average molecular weight is 175 g/mol. The average Bonchev–Trinajstić information content (AvgIpc) is 2.17. The second-order valence-corrected chi connectivity index (χ2v) is 2.89. The third-order valence-electron chi connectivity index (χ3n) is 2.01. The molecule has 3 nitrogen and oxygen atoms in total. The lowest BCUT2D eigenvalue weighted by Gasteiger charge is -2.25. The molecule has 2 heterocycles. The van der Waals surface area contributed by atoms with Crippen LogP contribution in [0.2, 0.25) is 0 Å². The maximum absolute atomic E-state index is 10.6. The first-order valence-corrected chi connectivity index (χ1v) is 4.04. The molecule has 3 heteroatoms. The van der Waals surface area contributed by atoms with Gasteiger partial charge in [0.2, 0.25) is 0 Å². The van der Waals surface area contributed by atoms with Crippen molar-refractivity contribution in [2.24, 2.45) is 0 Å². The molecule has 0 atom stereocenters. The Labute approximate surface area is 76.0 Å². The first-order valence-electron chi connectivity index (χ1n) is 4.04. The van der Waals surface area contributed by atoms with E-state index in [2.05, 4.69) is 0 Å². The Morgan fingerprint density at radius 1 is 1.46 bits per heavy atom. The van der Waals surface area contributed by atoms with E-state index in [0.29, 0.717) is 5.57 Å². The Hall–Kier alpha value is -1.77. The number of fused-ring (bicyclic) bond motifs is 1. The lowest BCUT2D eigenvalue weighted by Crippen LogP contribution is -2.21. The minimum absolute atomic E-state index is 0.326. The number of nitrogens with zero attached hydrogens (tertiary/aromatic N) is 1. The molecule has 66 valence electrons. The fraction of sp³-hybridized carbons (Fsp3) is 0.100. The summed E-state index contributed by atoms with van der Waals surface area (Å²) in [5.74, 6) is -0.884. The fourth-order valence-corrected chi connectivity index (χ4v) is 1.33. The van der Waals surface area contributed by atoms with Gasteiger partial charge in [0, 0.05) is 18.4 Å². The van der Waals surface area contributed by atoms with Crippen LogP contribution in [-0.2, 0) is 4.79 Å². The van der Waals surface area contributed by atoms with Gasteiger partial charge in [0.1, 0.15) is 0 Å². The van der Waals surface area contributed by atoms with Crippen LogP contribution in [0.1, 0.15) is 0 Å². The van der Waals surface area contributed by atoms with Crippen molar-refractivity contribution in [2.45, 2.75) is 0 Å². The highest BCUT2D eigenvalue weighted by atomic mass is 16.4. The van der Waals surface area contributed by atoms with E-state index in [1.54, 1.807) is 12.3 Å². The van der Waals surface area contributed by atoms with Crippen LogP contribution in [0.5, 0.6) is 0 Å². The molecular formula is C10H9NO2. The van der Waals surface area contributed by atoms with E-state index in [-0.39, 0.29) is 0 Å². The summed E-state index contributed by atoms with van der Waals surface area (Å²) in [6.07, 6.45) is 11.0. The molecule has 0 aromatic rings. The van der Waals surface area contributed by atoms with E-state index in [1.807, 2.05) is 29.2 Å². The molecular weight excluding hydrogens is 166 g/mol. The van der Waals surface area contributed by atoms with E-state index in [9.17, 15) is 4.79 Å². The molecule has 13 heavy (non-hydrogen) atoms. The van der Waals surface area contributed by atoms with Gasteiger partial charge in [0.05, 0.1) is 5.57 Å². The van der Waals surface area contributed by atoms with Gasteiger partial charge in [0.15, 0.2) is 0 Å². The third-order valence-corrected chi connectivity index (χ3v) is 2.01. The van der Waals surface area contributed by atoms with Crippen molar-refractivity contribution in [3.05, 3.63) is 47.9 Å². The van der Waals surface area contributed by atoms with Crippen molar-refractivity contribution in [3.63, 3.8) is 0 Å². The molecule has 0 spiro atoms. The van der Waals surface area contributed by atoms with Gasteiger partial charge < -0.3 is 10.0 Å². The minimum Gasteiger partial charge on any atom is -0.478 e. The fourth-order valence-electron chi connectivity index (χ4n) is 1.33. The van der Waals surface area contributed by atoms with E-state index in [4.69, 9.17) is 5.11 Å². The van der Waals surface area contributed by atoms with E-state index < -0.39 is 5.97 Å². The number of carbonyl (C=O) groups is 1. The highest BCUT2D eigenvalue weighted by Crippen LogP contribution is 2.19. The van der Waals surface area contributed by atoms with Gasteiger partial charge >= 0.3 is 5.97 Å². The number of hydrogen-bond donors (Lipinski definition) is 1. The summed E-state index contributed by atoms with van der Waals surface area (Å²) in [4.78, 5) is 12.6. The maximum Gasteiger partial charge on any atom is 0.337 e. The van der Waals surface area contributed by atoms with E-state index in [1.165, 1.54) is 0 Å². The van der Waals surface area contributed by atoms with Crippen LogP contribution in [0.4, 0.5) is 0 Å². The van der Waals surface area contributed by atoms with Gasteiger partial charge in [-0.3, -0.25) is 0 Å². The van der Waals surface area contributed by atoms with Gasteiger partial charge in [-0.05, 0) is 18.2 Å². The van der Waals surface area contributed by atoms with Crippen molar-refractivity contribution in [3.8, 4) is 0 Å². The molecule has 1 N–H and O–H groups in total. The quantitative estimate of drug-likeness (QED) is 0.652. The van der Waals surface area contributed by atoms with Gasteiger partial charge in [-0.15, -0.1) is 0 Å². The summed E-state index contributed by atoms with van der Waals surface area (Å²) >= 11 is 0. The Morgan fingerprint density at radius 2 is 2.31 bits per heavy atom. The number of carboxylic acid groups (broad SMARTS) is 1. The molecule has 0 saturated heterocycles. The molecule has 2 rings (SSSR count). The van der Waals surface area contributed by atoms with Gasteiger partial charge in [-0.1, -0.05) is 12.2 Å². The first-order chi connectivity index (χ1) is 6.27. The van der Waals surface area contributed by atoms with Crippen LogP contribution >= 0.6 is 0 Å². The molecule has 0 aromatic heterocycles. The Bertz CT molecular complexity index is 361. The topological polar surface area (TPSA) is 40.5 Å². The molecule has 0 saturated carbocycles. The zero-order valence-corrected chi connectivity index (χ0v) is 6.97. The van der Waals surface area contributed by atoms with Crippen molar-refractivity contribution in [2.75, 3.05) is 6.54 Å². The molecule has 2 aliphatic rings. The molecule has 0 aliphatic carbocycles. The normalized spacial score (nSPS) is 19.2. The highest BCUT2D eigenvalue weighted by molar-refractivity contribution is 5.90. The molecule has 0 bridgehead atoms. The molecule has 2 aliphatic heterocycles. The Morgan fingerprint density at radius 3 is 3.08 bits per heavy atom. The Kier molecular flexibility index (Phi) is 1.77. The standard InChI is InChI=1S/C10H9NO2/c12-10(13)8-4-5-9-3-1-2-6-11(9)7-8/h1-5,7H,6H2,(H,12,13). The number of allylic oxidation sites excluding steroid dienone is 3. The van der Waals surface area contributed by atoms with E-state index in [0.717, 1.165) is 12.2 Å². The smallest absolute Gasteiger partial charge is 0.337 e. The van der Waals surface area contributed by atoms with Gasteiger partial charge in [-0.2, -0.15) is 0 Å². The first kappa shape index (κ1) is 7.86. The minimum atomic E-state index is -0.884. The molecule has 0 amide bonds. The van der Waals surface area contributed by atoms with Crippen LogP contribution in [0, 0.1) is 0 Å². The zero-order valence-electron chi connectivity index (χ0n) is 6.97. The van der Waals surface area contributed by atoms with Crippen molar-refractivity contribution in [1.82, 2.24) is 4.90 Å². The van der Waals surface area contributed by atoms with Crippen molar-refractivity contribution < 1.29 is 9.90 Å². The largest absolute Gasteiger partial charge is 0.478 e. The summed E-state index contributed by atoms with van der Waals surface area (Å²) in [6.45, 7) is 0.743. The second kappa shape index (κ2) is 2.94. The maximum atomic E-state index is 10.6. The second-order valence-electron chi connectivity index (χ2n) is 2.89. The van der Waals surface area contributed by atoms with Crippen molar-refractivity contribution >= 4 is 5.97 Å². The van der Waals surface area contributed by atoms with Crippen LogP contribution < -0.4 is 0 Å². The van der Waals surface area contributed by atoms with E-state index >= 15 is 0 Å². The summed E-state index contributed by atoms with van der Waals surface area (Å²) in [6, 6.07) is 0. The van der Waals surface area contributed by atoms with Crippen molar-refractivity contribution in [1.29, 1.82) is 0 Å². The summed E-state index contributed by atoms with van der Waals surface area (Å²) < 4.78 is 0. The number of rotatable bonds is 1. The number of hydrogen-bond acceptors (Lipinski definition) is 2. The van der Waals surface area contributed by atoms with Gasteiger partial charge in [-0.25, -0.2) is 4.79 Å². The number of carboxylic acids is 1. The van der Waals surface area contributed by atoms with Crippen LogP contribution in [-0.4, -0.2) is 22.5 Å².